The monoisotopic (exact) mass is 277 g/mol. The maximum absolute atomic E-state index is 12.4. The fourth-order valence-corrected chi connectivity index (χ4v) is 2.83. The first-order chi connectivity index (χ1) is 9.49. The summed E-state index contributed by atoms with van der Waals surface area (Å²) in [5.74, 6) is 0.786. The molecule has 5 nitrogen and oxygen atoms in total. The van der Waals surface area contributed by atoms with Gasteiger partial charge in [0.15, 0.2) is 0 Å². The summed E-state index contributed by atoms with van der Waals surface area (Å²) >= 11 is 0. The first-order valence-corrected chi connectivity index (χ1v) is 7.23. The third-order valence-corrected chi connectivity index (χ3v) is 4.05. The van der Waals surface area contributed by atoms with Crippen LogP contribution < -0.4 is 0 Å². The molecular formula is C15H23N3O2. The van der Waals surface area contributed by atoms with Crippen LogP contribution in [0.5, 0.6) is 0 Å². The second-order valence-electron chi connectivity index (χ2n) is 5.71. The van der Waals surface area contributed by atoms with Gasteiger partial charge in [-0.05, 0) is 26.7 Å². The van der Waals surface area contributed by atoms with E-state index in [-0.39, 0.29) is 17.9 Å². The Morgan fingerprint density at radius 1 is 1.40 bits per heavy atom. The molecule has 0 spiro atoms. The Balaban J connectivity index is 2.04. The Kier molecular flexibility index (Phi) is 4.70. The summed E-state index contributed by atoms with van der Waals surface area (Å²) in [7, 11) is 1.78. The van der Waals surface area contributed by atoms with Gasteiger partial charge >= 0.3 is 0 Å². The third-order valence-electron chi connectivity index (χ3n) is 4.05. The summed E-state index contributed by atoms with van der Waals surface area (Å²) in [5, 5.41) is 10.00. The molecule has 20 heavy (non-hydrogen) atoms. The van der Waals surface area contributed by atoms with E-state index in [0.717, 1.165) is 25.7 Å². The molecule has 1 aliphatic carbocycles. The van der Waals surface area contributed by atoms with Crippen molar-refractivity contribution in [2.24, 2.45) is 5.92 Å². The molecule has 0 aromatic carbocycles. The quantitative estimate of drug-likeness (QED) is 0.913. The first-order valence-electron chi connectivity index (χ1n) is 7.23. The van der Waals surface area contributed by atoms with Crippen molar-refractivity contribution in [1.29, 1.82) is 0 Å². The molecule has 1 saturated carbocycles. The van der Waals surface area contributed by atoms with E-state index in [1.54, 1.807) is 18.1 Å². The summed E-state index contributed by atoms with van der Waals surface area (Å²) < 4.78 is 0. The maximum Gasteiger partial charge on any atom is 0.257 e. The van der Waals surface area contributed by atoms with Crippen molar-refractivity contribution in [2.75, 3.05) is 13.6 Å². The first kappa shape index (κ1) is 14.9. The number of aromatic nitrogens is 2. The van der Waals surface area contributed by atoms with Gasteiger partial charge in [-0.15, -0.1) is 0 Å². The second-order valence-corrected chi connectivity index (χ2v) is 5.71. The number of carbonyl (C=O) groups excluding carboxylic acids is 1. The van der Waals surface area contributed by atoms with Crippen LogP contribution in [0.1, 0.15) is 47.6 Å². The summed E-state index contributed by atoms with van der Waals surface area (Å²) in [6.07, 6.45) is 5.36. The Bertz CT molecular complexity index is 490. The van der Waals surface area contributed by atoms with Crippen LogP contribution in [0.25, 0.3) is 0 Å². The van der Waals surface area contributed by atoms with Gasteiger partial charge in [0.05, 0.1) is 17.4 Å². The number of aliphatic hydroxyl groups is 1. The lowest BCUT2D eigenvalue weighted by atomic mass is 9.86. The average molecular weight is 277 g/mol. The number of nitrogens with zero attached hydrogens (tertiary/aromatic N) is 3. The number of aryl methyl sites for hydroxylation is 2. The molecule has 0 radical (unpaired) electrons. The van der Waals surface area contributed by atoms with Crippen molar-refractivity contribution in [1.82, 2.24) is 14.9 Å². The van der Waals surface area contributed by atoms with E-state index >= 15 is 0 Å². The summed E-state index contributed by atoms with van der Waals surface area (Å²) in [6, 6.07) is 0. The molecule has 1 aromatic rings. The van der Waals surface area contributed by atoms with Crippen molar-refractivity contribution < 1.29 is 9.90 Å². The van der Waals surface area contributed by atoms with Crippen LogP contribution in [0, 0.1) is 19.8 Å². The minimum atomic E-state index is -0.283. The fraction of sp³-hybridized carbons (Fsp3) is 0.667. The number of aliphatic hydroxyl groups excluding tert-OH is 1. The fourth-order valence-electron chi connectivity index (χ4n) is 2.83. The van der Waals surface area contributed by atoms with Crippen molar-refractivity contribution in [2.45, 2.75) is 45.6 Å². The lowest BCUT2D eigenvalue weighted by Crippen LogP contribution is -2.38. The van der Waals surface area contributed by atoms with Gasteiger partial charge in [-0.25, -0.2) is 9.97 Å². The predicted octanol–water partition coefficient (Wildman–Crippen LogP) is 1.72. The van der Waals surface area contributed by atoms with Crippen LogP contribution in [0.3, 0.4) is 0 Å². The molecule has 1 aliphatic rings. The molecular weight excluding hydrogens is 254 g/mol. The molecule has 2 unspecified atom stereocenters. The molecule has 1 heterocycles. The molecule has 1 aromatic heterocycles. The van der Waals surface area contributed by atoms with Crippen LogP contribution in [-0.2, 0) is 0 Å². The number of amides is 1. The number of hydrogen-bond donors (Lipinski definition) is 1. The normalized spacial score (nSPS) is 22.6. The minimum absolute atomic E-state index is 0.0692. The third kappa shape index (κ3) is 3.33. The standard InChI is InChI=1S/C15H23N3O2/c1-10-13(8-16-11(2)17-10)15(20)18(3)9-12-6-4-5-7-14(12)19/h8,12,14,19H,4-7,9H2,1-3H3. The van der Waals surface area contributed by atoms with Gasteiger partial charge in [-0.2, -0.15) is 0 Å². The number of carbonyl (C=O) groups is 1. The molecule has 110 valence electrons. The van der Waals surface area contributed by atoms with E-state index in [1.807, 2.05) is 13.8 Å². The smallest absolute Gasteiger partial charge is 0.257 e. The van der Waals surface area contributed by atoms with Gasteiger partial charge in [-0.3, -0.25) is 4.79 Å². The Labute approximate surface area is 120 Å². The molecule has 1 fully saturated rings. The van der Waals surface area contributed by atoms with Crippen LogP contribution >= 0.6 is 0 Å². The molecule has 1 amide bonds. The minimum Gasteiger partial charge on any atom is -0.393 e. The Morgan fingerprint density at radius 3 is 2.75 bits per heavy atom. The molecule has 0 bridgehead atoms. The van der Waals surface area contributed by atoms with E-state index in [4.69, 9.17) is 0 Å². The van der Waals surface area contributed by atoms with Crippen molar-refractivity contribution >= 4 is 5.91 Å². The summed E-state index contributed by atoms with van der Waals surface area (Å²) in [4.78, 5) is 22.4. The molecule has 5 heteroatoms. The highest BCUT2D eigenvalue weighted by atomic mass is 16.3. The van der Waals surface area contributed by atoms with Crippen molar-refractivity contribution in [3.8, 4) is 0 Å². The Morgan fingerprint density at radius 2 is 2.10 bits per heavy atom. The van der Waals surface area contributed by atoms with E-state index < -0.39 is 0 Å². The van der Waals surface area contributed by atoms with Gasteiger partial charge in [-0.1, -0.05) is 12.8 Å². The highest BCUT2D eigenvalue weighted by molar-refractivity contribution is 5.94. The van der Waals surface area contributed by atoms with E-state index in [9.17, 15) is 9.90 Å². The summed E-state index contributed by atoms with van der Waals surface area (Å²) in [5.41, 5.74) is 1.25. The lowest BCUT2D eigenvalue weighted by Gasteiger charge is -2.31. The molecule has 0 aliphatic heterocycles. The zero-order valence-electron chi connectivity index (χ0n) is 12.5. The molecule has 2 rings (SSSR count). The molecule has 1 N–H and O–H groups in total. The average Bonchev–Trinajstić information content (AvgIpc) is 2.40. The van der Waals surface area contributed by atoms with Gasteiger partial charge in [0.2, 0.25) is 0 Å². The maximum atomic E-state index is 12.4. The zero-order valence-corrected chi connectivity index (χ0v) is 12.5. The lowest BCUT2D eigenvalue weighted by molar-refractivity contribution is 0.0450. The van der Waals surface area contributed by atoms with Crippen LogP contribution in [0.2, 0.25) is 0 Å². The highest BCUT2D eigenvalue weighted by Gasteiger charge is 2.26. The van der Waals surface area contributed by atoms with Gasteiger partial charge < -0.3 is 10.0 Å². The van der Waals surface area contributed by atoms with Crippen LogP contribution in [0.15, 0.2) is 6.20 Å². The Hall–Kier alpha value is -1.49. The largest absolute Gasteiger partial charge is 0.393 e. The van der Waals surface area contributed by atoms with Gasteiger partial charge in [0, 0.05) is 25.7 Å². The van der Waals surface area contributed by atoms with Crippen molar-refractivity contribution in [3.05, 3.63) is 23.3 Å². The number of rotatable bonds is 3. The highest BCUT2D eigenvalue weighted by Crippen LogP contribution is 2.25. The number of hydrogen-bond acceptors (Lipinski definition) is 4. The van der Waals surface area contributed by atoms with E-state index in [0.29, 0.717) is 23.6 Å². The predicted molar refractivity (Wildman–Crippen MR) is 76.4 cm³/mol. The van der Waals surface area contributed by atoms with E-state index in [1.165, 1.54) is 0 Å². The summed E-state index contributed by atoms with van der Waals surface area (Å²) in [6.45, 7) is 4.22. The second kappa shape index (κ2) is 6.31. The van der Waals surface area contributed by atoms with Crippen molar-refractivity contribution in [3.63, 3.8) is 0 Å². The molecule has 0 saturated heterocycles. The van der Waals surface area contributed by atoms with Gasteiger partial charge in [0.25, 0.3) is 5.91 Å². The molecule has 2 atom stereocenters. The zero-order chi connectivity index (χ0) is 14.7. The van der Waals surface area contributed by atoms with Crippen LogP contribution in [-0.4, -0.2) is 45.6 Å². The van der Waals surface area contributed by atoms with Crippen LogP contribution in [0.4, 0.5) is 0 Å². The topological polar surface area (TPSA) is 66.3 Å². The van der Waals surface area contributed by atoms with E-state index in [2.05, 4.69) is 9.97 Å². The van der Waals surface area contributed by atoms with Gasteiger partial charge in [0.1, 0.15) is 5.82 Å². The SMILES string of the molecule is Cc1ncc(C(=O)N(C)CC2CCCCC2O)c(C)n1.